The first-order valence-electron chi connectivity index (χ1n) is 22.9. The molecule has 6 heterocycles. The monoisotopic (exact) mass is 879 g/mol. The van der Waals surface area contributed by atoms with E-state index in [4.69, 9.17) is 14.7 Å². The van der Waals surface area contributed by atoms with Gasteiger partial charge in [0.2, 0.25) is 0 Å². The molecule has 0 radical (unpaired) electrons. The number of nitrogens with zero attached hydrogens (tertiary/aromatic N) is 7. The average molecular weight is 880 g/mol. The number of benzene rings is 8. The molecule has 2 aliphatic rings. The molecular formula is C61H33N7O. The van der Waals surface area contributed by atoms with E-state index in [2.05, 4.69) is 165 Å². The van der Waals surface area contributed by atoms with Gasteiger partial charge in [-0.2, -0.15) is 10.5 Å². The number of hydrogen-bond donors (Lipinski definition) is 0. The van der Waals surface area contributed by atoms with Gasteiger partial charge in [-0.1, -0.05) is 78.9 Å². The maximum Gasteiger partial charge on any atom is 0.134 e. The highest BCUT2D eigenvalue weighted by atomic mass is 16.5. The number of aromatic nitrogens is 5. The summed E-state index contributed by atoms with van der Waals surface area (Å²) >= 11 is 0. The molecule has 318 valence electrons. The van der Waals surface area contributed by atoms with Gasteiger partial charge in [-0.3, -0.25) is 9.97 Å². The van der Waals surface area contributed by atoms with Crippen LogP contribution >= 0.6 is 0 Å². The van der Waals surface area contributed by atoms with Crippen LogP contribution in [0.1, 0.15) is 33.4 Å². The summed E-state index contributed by atoms with van der Waals surface area (Å²) in [5.41, 5.74) is 15.6. The van der Waals surface area contributed by atoms with E-state index < -0.39 is 5.41 Å². The van der Waals surface area contributed by atoms with Crippen LogP contribution in [0, 0.1) is 22.7 Å². The Morgan fingerprint density at radius 3 is 1.22 bits per heavy atom. The minimum absolute atomic E-state index is 0.622. The number of nitriles is 2. The largest absolute Gasteiger partial charge is 0.457 e. The fourth-order valence-corrected chi connectivity index (χ4v) is 11.9. The van der Waals surface area contributed by atoms with Crippen LogP contribution in [-0.2, 0) is 5.41 Å². The van der Waals surface area contributed by atoms with E-state index in [9.17, 15) is 10.5 Å². The van der Waals surface area contributed by atoms with Crippen molar-refractivity contribution < 1.29 is 4.74 Å². The summed E-state index contributed by atoms with van der Waals surface area (Å²) in [5.74, 6) is 1.48. The third-order valence-corrected chi connectivity index (χ3v) is 14.6. The highest BCUT2D eigenvalue weighted by molar-refractivity contribution is 6.13. The van der Waals surface area contributed by atoms with Crippen LogP contribution in [-0.4, -0.2) is 23.7 Å². The molecule has 0 saturated carbocycles. The lowest BCUT2D eigenvalue weighted by atomic mass is 9.66. The first-order chi connectivity index (χ1) is 34.1. The molecule has 0 N–H and O–H groups in total. The second kappa shape index (κ2) is 13.6. The smallest absolute Gasteiger partial charge is 0.134 e. The molecule has 8 nitrogen and oxygen atoms in total. The molecule has 0 unspecified atom stereocenters. The Bertz CT molecular complexity index is 4470. The van der Waals surface area contributed by atoms with E-state index in [0.717, 1.165) is 128 Å². The molecule has 1 aliphatic carbocycles. The van der Waals surface area contributed by atoms with Gasteiger partial charge in [0.05, 0.1) is 73.2 Å². The van der Waals surface area contributed by atoms with Gasteiger partial charge in [-0.15, -0.1) is 0 Å². The van der Waals surface area contributed by atoms with Gasteiger partial charge in [-0.25, -0.2) is 0 Å². The van der Waals surface area contributed by atoms with Gasteiger partial charge in [0.15, 0.2) is 0 Å². The average Bonchev–Trinajstić information content (AvgIpc) is 4.12. The lowest BCUT2D eigenvalue weighted by Crippen LogP contribution is -2.32. The third kappa shape index (κ3) is 4.88. The molecule has 15 rings (SSSR count). The van der Waals surface area contributed by atoms with E-state index in [-0.39, 0.29) is 0 Å². The standard InChI is InChI=1S/C61H33N7O/c62-34-36-17-24-54-44(29-36)41-9-1-4-14-51(41)66(54)38-21-26-56-46(31-38)43-11-3-6-16-53(43)68(56)40-20-23-48-58(33-40)69-57-32-39(67-52-15-5-2-10-42(52)45-30-37(35-63)18-25-55(45)67)19-22-47(57)61(48)49-12-7-27-64-59(49)60-50(61)13-8-28-65-60/h1-33H. The topological polar surface area (TPSA) is 97.4 Å². The zero-order valence-electron chi connectivity index (χ0n) is 36.6. The SMILES string of the molecule is N#Cc1ccc2c(c1)c1ccccc1n2-c1ccc2c(c1)Oc1cc(-n3c4ccccc4c4cc(-n5c6ccccc6c6cc(C#N)ccc65)ccc43)ccc1C21c2cccnc2-c2ncccc21. The lowest BCUT2D eigenvalue weighted by molar-refractivity contribution is 0.436. The number of para-hydroxylation sites is 3. The van der Waals surface area contributed by atoms with Crippen molar-refractivity contribution in [2.75, 3.05) is 0 Å². The summed E-state index contributed by atoms with van der Waals surface area (Å²) in [5, 5.41) is 26.2. The third-order valence-electron chi connectivity index (χ3n) is 14.6. The minimum Gasteiger partial charge on any atom is -0.457 e. The number of fused-ring (bicyclic) bond motifs is 18. The summed E-state index contributed by atoms with van der Waals surface area (Å²) in [4.78, 5) is 9.96. The van der Waals surface area contributed by atoms with Gasteiger partial charge in [0.25, 0.3) is 0 Å². The molecular weight excluding hydrogens is 847 g/mol. The van der Waals surface area contributed by atoms with Crippen LogP contribution in [0.4, 0.5) is 0 Å². The summed E-state index contributed by atoms with van der Waals surface area (Å²) in [6.07, 6.45) is 3.70. The molecule has 69 heavy (non-hydrogen) atoms. The summed E-state index contributed by atoms with van der Waals surface area (Å²) in [6, 6.07) is 70.3. The molecule has 0 bridgehead atoms. The normalized spacial score (nSPS) is 13.1. The molecule has 8 heteroatoms. The highest BCUT2D eigenvalue weighted by Crippen LogP contribution is 2.61. The van der Waals surface area contributed by atoms with Crippen LogP contribution in [0.3, 0.4) is 0 Å². The molecule has 0 fully saturated rings. The molecule has 0 atom stereocenters. The van der Waals surface area contributed by atoms with Crippen molar-refractivity contribution in [1.82, 2.24) is 23.7 Å². The first kappa shape index (κ1) is 37.5. The predicted molar refractivity (Wildman–Crippen MR) is 272 cm³/mol. The first-order valence-corrected chi connectivity index (χ1v) is 22.9. The Balaban J connectivity index is 0.958. The predicted octanol–water partition coefficient (Wildman–Crippen LogP) is 14.0. The zero-order valence-corrected chi connectivity index (χ0v) is 36.6. The van der Waals surface area contributed by atoms with E-state index in [1.807, 2.05) is 60.9 Å². The van der Waals surface area contributed by atoms with Crippen molar-refractivity contribution in [2.45, 2.75) is 5.41 Å². The van der Waals surface area contributed by atoms with Crippen LogP contribution in [0.15, 0.2) is 200 Å². The van der Waals surface area contributed by atoms with Gasteiger partial charge in [-0.05, 0) is 108 Å². The maximum absolute atomic E-state index is 9.86. The van der Waals surface area contributed by atoms with Crippen molar-refractivity contribution >= 4 is 65.4 Å². The Morgan fingerprint density at radius 1 is 0.362 bits per heavy atom. The number of pyridine rings is 2. The fourth-order valence-electron chi connectivity index (χ4n) is 11.9. The molecule has 1 aliphatic heterocycles. The molecule has 13 aromatic rings. The summed E-state index contributed by atoms with van der Waals surface area (Å²) in [6.45, 7) is 0. The van der Waals surface area contributed by atoms with Crippen molar-refractivity contribution in [1.29, 1.82) is 10.5 Å². The van der Waals surface area contributed by atoms with E-state index in [1.54, 1.807) is 0 Å². The van der Waals surface area contributed by atoms with Crippen molar-refractivity contribution in [3.8, 4) is 52.1 Å². The summed E-state index contributed by atoms with van der Waals surface area (Å²) in [7, 11) is 0. The maximum atomic E-state index is 9.86. The Hall–Kier alpha value is -9.76. The lowest BCUT2D eigenvalue weighted by Gasteiger charge is -2.39. The van der Waals surface area contributed by atoms with E-state index in [1.165, 1.54) is 0 Å². The van der Waals surface area contributed by atoms with Crippen LogP contribution in [0.5, 0.6) is 11.5 Å². The quantitative estimate of drug-likeness (QED) is 0.176. The van der Waals surface area contributed by atoms with E-state index >= 15 is 0 Å². The van der Waals surface area contributed by atoms with Crippen LogP contribution in [0.2, 0.25) is 0 Å². The Kier molecular flexibility index (Phi) is 7.41. The van der Waals surface area contributed by atoms with Gasteiger partial charge in [0.1, 0.15) is 11.5 Å². The molecule has 1 spiro atoms. The fraction of sp³-hybridized carbons (Fsp3) is 0.0164. The highest BCUT2D eigenvalue weighted by Gasteiger charge is 2.52. The van der Waals surface area contributed by atoms with E-state index in [0.29, 0.717) is 11.1 Å². The van der Waals surface area contributed by atoms with Gasteiger partial charge < -0.3 is 18.4 Å². The second-order valence-corrected chi connectivity index (χ2v) is 18.0. The van der Waals surface area contributed by atoms with Crippen LogP contribution in [0.25, 0.3) is 93.9 Å². The molecule has 8 aromatic carbocycles. The van der Waals surface area contributed by atoms with Crippen molar-refractivity contribution in [2.24, 2.45) is 0 Å². The molecule has 5 aromatic heterocycles. The molecule has 0 saturated heterocycles. The van der Waals surface area contributed by atoms with Crippen molar-refractivity contribution in [3.63, 3.8) is 0 Å². The Labute approximate surface area is 394 Å². The number of hydrogen-bond acceptors (Lipinski definition) is 5. The Morgan fingerprint density at radius 2 is 0.754 bits per heavy atom. The second-order valence-electron chi connectivity index (χ2n) is 18.0. The number of ether oxygens (including phenoxy) is 1. The van der Waals surface area contributed by atoms with Gasteiger partial charge in [0, 0.05) is 85.0 Å². The molecule has 0 amide bonds. The zero-order chi connectivity index (χ0) is 45.5. The van der Waals surface area contributed by atoms with Crippen LogP contribution < -0.4 is 4.74 Å². The summed E-state index contributed by atoms with van der Waals surface area (Å²) < 4.78 is 14.2. The number of rotatable bonds is 3. The van der Waals surface area contributed by atoms with Crippen molar-refractivity contribution in [3.05, 3.63) is 234 Å². The van der Waals surface area contributed by atoms with Gasteiger partial charge >= 0.3 is 0 Å². The minimum atomic E-state index is -0.776.